The predicted molar refractivity (Wildman–Crippen MR) is 93.3 cm³/mol. The lowest BCUT2D eigenvalue weighted by molar-refractivity contribution is 0.102. The summed E-state index contributed by atoms with van der Waals surface area (Å²) in [5, 5.41) is 11.0. The Morgan fingerprint density at radius 2 is 2.09 bits per heavy atom. The molecule has 2 aromatic carbocycles. The number of para-hydroxylation sites is 1. The minimum absolute atomic E-state index is 0.312. The number of halogens is 1. The van der Waals surface area contributed by atoms with Gasteiger partial charge < -0.3 is 5.32 Å². The van der Waals surface area contributed by atoms with Gasteiger partial charge in [0.2, 0.25) is 0 Å². The van der Waals surface area contributed by atoms with Crippen molar-refractivity contribution in [1.82, 2.24) is 10.2 Å². The summed E-state index contributed by atoms with van der Waals surface area (Å²) in [4.78, 5) is 12.4. The van der Waals surface area contributed by atoms with Gasteiger partial charge in [0.1, 0.15) is 0 Å². The van der Waals surface area contributed by atoms with E-state index in [0.717, 1.165) is 16.5 Å². The fraction of sp³-hybridized carbons (Fsp3) is 0.125. The molecule has 0 saturated carbocycles. The summed E-state index contributed by atoms with van der Waals surface area (Å²) >= 11 is 6.09. The number of rotatable bonds is 4. The Morgan fingerprint density at radius 3 is 2.87 bits per heavy atom. The van der Waals surface area contributed by atoms with Crippen molar-refractivity contribution in [2.75, 3.05) is 11.6 Å². The maximum atomic E-state index is 12.4. The van der Waals surface area contributed by atoms with Gasteiger partial charge in [0, 0.05) is 38.9 Å². The van der Waals surface area contributed by atoms with Crippen LogP contribution in [0.3, 0.4) is 0 Å². The van der Waals surface area contributed by atoms with Crippen molar-refractivity contribution in [3.63, 3.8) is 0 Å². The van der Waals surface area contributed by atoms with Crippen molar-refractivity contribution >= 4 is 44.9 Å². The Balaban J connectivity index is 1.87. The molecule has 0 aliphatic rings. The van der Waals surface area contributed by atoms with Gasteiger partial charge in [-0.3, -0.25) is 14.1 Å². The molecule has 3 rings (SSSR count). The van der Waals surface area contributed by atoms with Gasteiger partial charge in [-0.25, -0.2) is 0 Å². The van der Waals surface area contributed by atoms with Crippen LogP contribution in [0.25, 0.3) is 10.9 Å². The molecule has 118 valence electrons. The summed E-state index contributed by atoms with van der Waals surface area (Å²) in [6, 6.07) is 12.5. The molecule has 0 fully saturated rings. The van der Waals surface area contributed by atoms with E-state index < -0.39 is 10.8 Å². The van der Waals surface area contributed by atoms with E-state index in [4.69, 9.17) is 11.6 Å². The Labute approximate surface area is 140 Å². The fourth-order valence-corrected chi connectivity index (χ4v) is 3.25. The predicted octanol–water partition coefficient (Wildman–Crippen LogP) is 3.35. The van der Waals surface area contributed by atoms with E-state index in [1.54, 1.807) is 24.5 Å². The summed E-state index contributed by atoms with van der Waals surface area (Å²) in [5.74, 6) is 0.0294. The molecule has 1 unspecified atom stereocenters. The highest BCUT2D eigenvalue weighted by molar-refractivity contribution is 7.83. The Bertz CT molecular complexity index is 907. The molecule has 2 N–H and O–H groups in total. The van der Waals surface area contributed by atoms with Crippen LogP contribution in [0, 0.1) is 0 Å². The topological polar surface area (TPSA) is 74.8 Å². The van der Waals surface area contributed by atoms with Crippen molar-refractivity contribution < 1.29 is 9.00 Å². The maximum Gasteiger partial charge on any atom is 0.276 e. The average molecular weight is 348 g/mol. The normalized spacial score (nSPS) is 12.3. The molecule has 0 aliphatic heterocycles. The van der Waals surface area contributed by atoms with Gasteiger partial charge in [-0.05, 0) is 29.8 Å². The number of anilines is 1. The van der Waals surface area contributed by atoms with E-state index >= 15 is 0 Å². The van der Waals surface area contributed by atoms with Crippen molar-refractivity contribution in [1.29, 1.82) is 0 Å². The molecule has 5 nitrogen and oxygen atoms in total. The van der Waals surface area contributed by atoms with Crippen LogP contribution in [-0.4, -0.2) is 26.6 Å². The second-order valence-electron chi connectivity index (χ2n) is 5.10. The van der Waals surface area contributed by atoms with E-state index in [1.807, 2.05) is 24.3 Å². The highest BCUT2D eigenvalue weighted by atomic mass is 35.5. The van der Waals surface area contributed by atoms with E-state index in [9.17, 15) is 9.00 Å². The number of nitrogens with zero attached hydrogens (tertiary/aromatic N) is 1. The maximum absolute atomic E-state index is 12.4. The molecule has 0 bridgehead atoms. The minimum atomic E-state index is -1.01. The molecular formula is C16H14ClN3O2S. The molecule has 3 aromatic rings. The summed E-state index contributed by atoms with van der Waals surface area (Å²) < 4.78 is 11.4. The van der Waals surface area contributed by atoms with Crippen LogP contribution in [0.1, 0.15) is 16.1 Å². The van der Waals surface area contributed by atoms with Gasteiger partial charge in [-0.1, -0.05) is 29.8 Å². The second-order valence-corrected chi connectivity index (χ2v) is 6.94. The van der Waals surface area contributed by atoms with Crippen molar-refractivity contribution in [3.8, 4) is 0 Å². The number of hydrogen-bond donors (Lipinski definition) is 2. The SMILES string of the molecule is CS(=O)Cc1cc(NC(=O)c2n[nH]c3ccccc23)ccc1Cl. The van der Waals surface area contributed by atoms with Crippen LogP contribution < -0.4 is 5.32 Å². The second kappa shape index (κ2) is 6.52. The molecule has 0 spiro atoms. The van der Waals surface area contributed by atoms with Crippen LogP contribution >= 0.6 is 11.6 Å². The third kappa shape index (κ3) is 3.43. The van der Waals surface area contributed by atoms with Crippen LogP contribution in [0.5, 0.6) is 0 Å². The zero-order valence-electron chi connectivity index (χ0n) is 12.3. The van der Waals surface area contributed by atoms with Crippen LogP contribution in [-0.2, 0) is 16.6 Å². The average Bonchev–Trinajstić information content (AvgIpc) is 2.94. The lowest BCUT2D eigenvalue weighted by atomic mass is 10.2. The molecular weight excluding hydrogens is 334 g/mol. The molecule has 7 heteroatoms. The van der Waals surface area contributed by atoms with E-state index in [2.05, 4.69) is 15.5 Å². The number of nitrogens with one attached hydrogen (secondary N) is 2. The third-order valence-electron chi connectivity index (χ3n) is 3.35. The first-order valence-electron chi connectivity index (χ1n) is 6.87. The Hall–Kier alpha value is -2.18. The zero-order valence-corrected chi connectivity index (χ0v) is 13.9. The lowest BCUT2D eigenvalue weighted by Crippen LogP contribution is -2.13. The molecule has 1 atom stereocenters. The molecule has 1 heterocycles. The van der Waals surface area contributed by atoms with Gasteiger partial charge in [0.25, 0.3) is 5.91 Å². The van der Waals surface area contributed by atoms with E-state index in [1.165, 1.54) is 0 Å². The summed E-state index contributed by atoms with van der Waals surface area (Å²) in [6.45, 7) is 0. The summed E-state index contributed by atoms with van der Waals surface area (Å²) in [6.07, 6.45) is 1.61. The van der Waals surface area contributed by atoms with Gasteiger partial charge in [0.05, 0.1) is 5.52 Å². The van der Waals surface area contributed by atoms with Crippen molar-refractivity contribution in [2.45, 2.75) is 5.75 Å². The number of benzene rings is 2. The number of hydrogen-bond acceptors (Lipinski definition) is 3. The van der Waals surface area contributed by atoms with Crippen LogP contribution in [0.2, 0.25) is 5.02 Å². The molecule has 23 heavy (non-hydrogen) atoms. The number of carbonyl (C=O) groups excluding carboxylic acids is 1. The summed E-state index contributed by atoms with van der Waals surface area (Å²) in [7, 11) is -1.01. The van der Waals surface area contributed by atoms with Gasteiger partial charge in [-0.2, -0.15) is 5.10 Å². The highest BCUT2D eigenvalue weighted by Crippen LogP contribution is 2.23. The van der Waals surface area contributed by atoms with Crippen molar-refractivity contribution in [2.24, 2.45) is 0 Å². The number of fused-ring (bicyclic) bond motifs is 1. The standard InChI is InChI=1S/C16H14ClN3O2S/c1-23(22)9-10-8-11(6-7-13(10)17)18-16(21)15-12-4-2-3-5-14(12)19-20-15/h2-8H,9H2,1H3,(H,18,21)(H,19,20). The quantitative estimate of drug-likeness (QED) is 0.760. The Morgan fingerprint density at radius 1 is 1.30 bits per heavy atom. The van der Waals surface area contributed by atoms with Crippen LogP contribution in [0.15, 0.2) is 42.5 Å². The van der Waals surface area contributed by atoms with Crippen molar-refractivity contribution in [3.05, 3.63) is 58.7 Å². The molecule has 1 amide bonds. The van der Waals surface area contributed by atoms with E-state index in [-0.39, 0.29) is 5.91 Å². The fourth-order valence-electron chi connectivity index (χ4n) is 2.31. The minimum Gasteiger partial charge on any atom is -0.321 e. The highest BCUT2D eigenvalue weighted by Gasteiger charge is 2.14. The smallest absolute Gasteiger partial charge is 0.276 e. The number of carbonyl (C=O) groups is 1. The van der Waals surface area contributed by atoms with Gasteiger partial charge >= 0.3 is 0 Å². The molecule has 0 saturated heterocycles. The first-order valence-corrected chi connectivity index (χ1v) is 8.98. The molecule has 1 aromatic heterocycles. The molecule has 0 radical (unpaired) electrons. The third-order valence-corrected chi connectivity index (χ3v) is 4.43. The zero-order chi connectivity index (χ0) is 16.4. The first kappa shape index (κ1) is 15.7. The number of amides is 1. The summed E-state index contributed by atoms with van der Waals surface area (Å²) in [5.41, 5.74) is 2.45. The Kier molecular flexibility index (Phi) is 4.45. The van der Waals surface area contributed by atoms with Crippen LogP contribution in [0.4, 0.5) is 5.69 Å². The largest absolute Gasteiger partial charge is 0.321 e. The number of aromatic amines is 1. The number of H-pyrrole nitrogens is 1. The lowest BCUT2D eigenvalue weighted by Gasteiger charge is -2.08. The van der Waals surface area contributed by atoms with Gasteiger partial charge in [-0.15, -0.1) is 0 Å². The first-order chi connectivity index (χ1) is 11.0. The number of aromatic nitrogens is 2. The monoisotopic (exact) mass is 347 g/mol. The van der Waals surface area contributed by atoms with E-state index in [0.29, 0.717) is 22.2 Å². The molecule has 0 aliphatic carbocycles. The van der Waals surface area contributed by atoms with Gasteiger partial charge in [0.15, 0.2) is 5.69 Å².